The van der Waals surface area contributed by atoms with E-state index in [1.54, 1.807) is 0 Å². The van der Waals surface area contributed by atoms with E-state index in [0.29, 0.717) is 19.3 Å². The Hall–Kier alpha value is -3.93. The van der Waals surface area contributed by atoms with Gasteiger partial charge in [-0.3, -0.25) is 14.4 Å². The van der Waals surface area contributed by atoms with Gasteiger partial charge in [0.15, 0.2) is 6.10 Å². The van der Waals surface area contributed by atoms with Crippen molar-refractivity contribution >= 4 is 17.9 Å². The summed E-state index contributed by atoms with van der Waals surface area (Å²) < 4.78 is 16.8. The molecule has 6 heteroatoms. The zero-order valence-corrected chi connectivity index (χ0v) is 52.6. The lowest BCUT2D eigenvalue weighted by Gasteiger charge is -2.18. The van der Waals surface area contributed by atoms with Crippen LogP contribution in [-0.2, 0) is 28.6 Å². The summed E-state index contributed by atoms with van der Waals surface area (Å²) in [6.45, 7) is 6.48. The molecule has 0 aromatic carbocycles. The fraction of sp³-hybridized carbons (Fsp3) is 0.716. The van der Waals surface area contributed by atoms with Gasteiger partial charge in [-0.15, -0.1) is 0 Å². The van der Waals surface area contributed by atoms with Crippen LogP contribution in [0.1, 0.15) is 323 Å². The maximum absolute atomic E-state index is 12.9. The second-order valence-electron chi connectivity index (χ2n) is 22.4. The maximum Gasteiger partial charge on any atom is 0.306 e. The summed E-state index contributed by atoms with van der Waals surface area (Å²) in [5.74, 6) is -0.898. The molecule has 0 saturated heterocycles. The average Bonchev–Trinajstić information content (AvgIpc) is 3.46. The minimum atomic E-state index is -0.783. The molecule has 80 heavy (non-hydrogen) atoms. The molecule has 0 N–H and O–H groups in total. The van der Waals surface area contributed by atoms with Gasteiger partial charge in [-0.2, -0.15) is 0 Å². The lowest BCUT2D eigenvalue weighted by atomic mass is 10.0. The highest BCUT2D eigenvalue weighted by Gasteiger charge is 2.19. The molecular weight excluding hydrogens is 985 g/mol. The van der Waals surface area contributed by atoms with Gasteiger partial charge in [0.2, 0.25) is 0 Å². The minimum absolute atomic E-state index is 0.0816. The van der Waals surface area contributed by atoms with Crippen molar-refractivity contribution in [2.75, 3.05) is 13.2 Å². The first-order valence-electron chi connectivity index (χ1n) is 33.9. The van der Waals surface area contributed by atoms with Crippen LogP contribution in [0.3, 0.4) is 0 Å². The molecule has 0 aliphatic carbocycles. The molecule has 0 aliphatic rings. The number of ether oxygens (including phenoxy) is 3. The van der Waals surface area contributed by atoms with Crippen LogP contribution in [0.25, 0.3) is 0 Å². The topological polar surface area (TPSA) is 78.9 Å². The molecule has 0 saturated carbocycles. The van der Waals surface area contributed by atoms with Crippen LogP contribution in [0.4, 0.5) is 0 Å². The highest BCUT2D eigenvalue weighted by molar-refractivity contribution is 5.71. The Balaban J connectivity index is 4.12. The zero-order chi connectivity index (χ0) is 57.8. The first-order chi connectivity index (χ1) is 39.5. The quantitative estimate of drug-likeness (QED) is 0.0261. The molecule has 0 rings (SSSR count). The predicted molar refractivity (Wildman–Crippen MR) is 348 cm³/mol. The average molecular weight is 1110 g/mol. The Labute approximate surface area is 495 Å². The number of hydrogen-bond donors (Lipinski definition) is 0. The van der Waals surface area contributed by atoms with Crippen LogP contribution >= 0.6 is 0 Å². The van der Waals surface area contributed by atoms with Gasteiger partial charge in [-0.05, 0) is 109 Å². The lowest BCUT2D eigenvalue weighted by Crippen LogP contribution is -2.30. The van der Waals surface area contributed by atoms with Gasteiger partial charge in [-0.1, -0.05) is 304 Å². The van der Waals surface area contributed by atoms with Crippen LogP contribution < -0.4 is 0 Å². The third-order valence-electron chi connectivity index (χ3n) is 14.5. The molecule has 458 valence electrons. The monoisotopic (exact) mass is 1110 g/mol. The third kappa shape index (κ3) is 64.9. The van der Waals surface area contributed by atoms with E-state index in [1.807, 2.05) is 0 Å². The lowest BCUT2D eigenvalue weighted by molar-refractivity contribution is -0.167. The van der Waals surface area contributed by atoms with E-state index in [2.05, 4.69) is 130 Å². The Bertz CT molecular complexity index is 1610. The largest absolute Gasteiger partial charge is 0.462 e. The van der Waals surface area contributed by atoms with Gasteiger partial charge in [0, 0.05) is 19.3 Å². The number of hydrogen-bond acceptors (Lipinski definition) is 6. The van der Waals surface area contributed by atoms with E-state index < -0.39 is 6.10 Å². The van der Waals surface area contributed by atoms with Gasteiger partial charge < -0.3 is 14.2 Å². The summed E-state index contributed by atoms with van der Waals surface area (Å²) >= 11 is 0. The van der Waals surface area contributed by atoms with Crippen molar-refractivity contribution in [2.24, 2.45) is 0 Å². The standard InChI is InChI=1S/C74H126O6/c1-4-7-10-13-16-18-20-22-24-26-28-30-32-34-35-36-37-38-39-41-42-44-46-48-50-52-54-56-58-61-64-67-73(76)79-70-71(69-78-72(75)66-63-60-15-12-9-6-3)80-74(77)68-65-62-59-57-55-53-51-49-47-45-43-40-33-31-29-27-25-23-21-19-17-14-11-8-5-2/h7,10,16,18,22,24,27-30,34-35,37-38,41-42,46,48,71H,4-6,8-9,11-15,17,19-21,23,25-26,31-33,36,39-40,43-45,47,49-70H2,1-3H3/b10-7-,18-16-,24-22-,29-27-,30-28-,35-34-,38-37-,42-41-,48-46-. The molecule has 0 amide bonds. The highest BCUT2D eigenvalue weighted by atomic mass is 16.6. The first kappa shape index (κ1) is 76.1. The molecule has 0 aliphatic heterocycles. The molecule has 0 aromatic heterocycles. The molecule has 0 bridgehead atoms. The van der Waals surface area contributed by atoms with E-state index in [9.17, 15) is 14.4 Å². The van der Waals surface area contributed by atoms with Gasteiger partial charge in [0.1, 0.15) is 13.2 Å². The molecular formula is C74H126O6. The number of rotatable bonds is 61. The molecule has 1 atom stereocenters. The minimum Gasteiger partial charge on any atom is -0.462 e. The Morgan fingerprint density at radius 1 is 0.263 bits per heavy atom. The summed E-state index contributed by atoms with van der Waals surface area (Å²) in [4.78, 5) is 38.1. The number of carbonyl (C=O) groups is 3. The van der Waals surface area contributed by atoms with E-state index in [1.165, 1.54) is 161 Å². The van der Waals surface area contributed by atoms with Crippen molar-refractivity contribution in [2.45, 2.75) is 329 Å². The van der Waals surface area contributed by atoms with E-state index in [0.717, 1.165) is 122 Å². The van der Waals surface area contributed by atoms with Crippen molar-refractivity contribution in [3.8, 4) is 0 Å². The predicted octanol–water partition coefficient (Wildman–Crippen LogP) is 23.4. The van der Waals surface area contributed by atoms with Crippen LogP contribution in [-0.4, -0.2) is 37.2 Å². The fourth-order valence-electron chi connectivity index (χ4n) is 9.45. The van der Waals surface area contributed by atoms with Crippen molar-refractivity contribution in [1.29, 1.82) is 0 Å². The van der Waals surface area contributed by atoms with E-state index >= 15 is 0 Å². The van der Waals surface area contributed by atoms with Crippen LogP contribution in [0, 0.1) is 0 Å². The summed E-state index contributed by atoms with van der Waals surface area (Å²) in [5.41, 5.74) is 0. The van der Waals surface area contributed by atoms with Crippen molar-refractivity contribution in [1.82, 2.24) is 0 Å². The molecule has 0 radical (unpaired) electrons. The molecule has 0 spiro atoms. The highest BCUT2D eigenvalue weighted by Crippen LogP contribution is 2.16. The molecule has 1 unspecified atom stereocenters. The maximum atomic E-state index is 12.9. The molecule has 6 nitrogen and oxygen atoms in total. The number of unbranched alkanes of at least 4 members (excludes halogenated alkanes) is 32. The van der Waals surface area contributed by atoms with Crippen molar-refractivity contribution in [3.63, 3.8) is 0 Å². The van der Waals surface area contributed by atoms with Gasteiger partial charge in [-0.25, -0.2) is 0 Å². The van der Waals surface area contributed by atoms with Gasteiger partial charge in [0.05, 0.1) is 0 Å². The van der Waals surface area contributed by atoms with Crippen LogP contribution in [0.2, 0.25) is 0 Å². The second kappa shape index (κ2) is 67.6. The number of esters is 3. The summed E-state index contributed by atoms with van der Waals surface area (Å²) in [6.07, 6.45) is 92.9. The smallest absolute Gasteiger partial charge is 0.306 e. The third-order valence-corrected chi connectivity index (χ3v) is 14.5. The Kier molecular flexibility index (Phi) is 64.3. The van der Waals surface area contributed by atoms with Crippen LogP contribution in [0.5, 0.6) is 0 Å². The Morgan fingerprint density at radius 3 is 0.775 bits per heavy atom. The molecule has 0 fully saturated rings. The van der Waals surface area contributed by atoms with Crippen molar-refractivity contribution in [3.05, 3.63) is 109 Å². The Morgan fingerprint density at radius 2 is 0.487 bits per heavy atom. The van der Waals surface area contributed by atoms with E-state index in [-0.39, 0.29) is 31.1 Å². The van der Waals surface area contributed by atoms with E-state index in [4.69, 9.17) is 14.2 Å². The zero-order valence-electron chi connectivity index (χ0n) is 52.6. The second-order valence-corrected chi connectivity index (χ2v) is 22.4. The molecule has 0 aromatic rings. The molecule has 0 heterocycles. The number of carbonyl (C=O) groups excluding carboxylic acids is 3. The summed E-state index contributed by atoms with van der Waals surface area (Å²) in [7, 11) is 0. The first-order valence-corrected chi connectivity index (χ1v) is 33.9. The number of allylic oxidation sites excluding steroid dienone is 18. The summed E-state index contributed by atoms with van der Waals surface area (Å²) in [5, 5.41) is 0. The summed E-state index contributed by atoms with van der Waals surface area (Å²) in [6, 6.07) is 0. The van der Waals surface area contributed by atoms with Crippen molar-refractivity contribution < 1.29 is 28.6 Å². The van der Waals surface area contributed by atoms with Crippen LogP contribution in [0.15, 0.2) is 109 Å². The normalized spacial score (nSPS) is 12.8. The SMILES string of the molecule is CC/C=C\C/C=C\C/C=C\C/C=C\C/C=C\C/C=C\C/C=C\C/C=C\CCCCCCCCC(=O)OCC(COC(=O)CCCCCCCC)OC(=O)CCCCCCCCCCCCCCC/C=C\CCCCCCCCCC. The fourth-order valence-corrected chi connectivity index (χ4v) is 9.45. The van der Waals surface area contributed by atoms with Gasteiger partial charge in [0.25, 0.3) is 0 Å². The van der Waals surface area contributed by atoms with Gasteiger partial charge >= 0.3 is 17.9 Å².